The Kier molecular flexibility index (Phi) is 5.28. The van der Waals surface area contributed by atoms with Crippen LogP contribution in [0.25, 0.3) is 0 Å². The molecule has 0 unspecified atom stereocenters. The van der Waals surface area contributed by atoms with Gasteiger partial charge in [-0.25, -0.2) is 0 Å². The minimum Gasteiger partial charge on any atom is -0.357 e. The fourth-order valence-electron chi connectivity index (χ4n) is 0.802. The second-order valence-corrected chi connectivity index (χ2v) is 2.58. The molecule has 0 spiro atoms. The van der Waals surface area contributed by atoms with E-state index in [2.05, 4.69) is 16.0 Å². The third-order valence-electron chi connectivity index (χ3n) is 1.64. The van der Waals surface area contributed by atoms with E-state index < -0.39 is 17.9 Å². The molecule has 0 fully saturated rings. The maximum Gasteiger partial charge on any atom is 0.252 e. The molecule has 0 aromatic carbocycles. The number of hydrogen-bond donors (Lipinski definition) is 3. The van der Waals surface area contributed by atoms with Crippen molar-refractivity contribution in [3.63, 3.8) is 0 Å². The zero-order valence-corrected chi connectivity index (χ0v) is 8.51. The van der Waals surface area contributed by atoms with E-state index in [1.165, 1.54) is 14.1 Å². The zero-order valence-electron chi connectivity index (χ0n) is 8.51. The van der Waals surface area contributed by atoms with Crippen molar-refractivity contribution in [2.45, 2.75) is 19.4 Å². The predicted molar refractivity (Wildman–Crippen MR) is 50.4 cm³/mol. The van der Waals surface area contributed by atoms with Gasteiger partial charge in [0.1, 0.15) is 0 Å². The Balaban J connectivity index is 4.48. The van der Waals surface area contributed by atoms with E-state index in [0.29, 0.717) is 0 Å². The molecule has 0 saturated heterocycles. The zero-order chi connectivity index (χ0) is 11.1. The van der Waals surface area contributed by atoms with E-state index >= 15 is 0 Å². The highest BCUT2D eigenvalue weighted by Gasteiger charge is 2.25. The van der Waals surface area contributed by atoms with Gasteiger partial charge in [0.05, 0.1) is 0 Å². The van der Waals surface area contributed by atoms with E-state index in [1.54, 1.807) is 6.92 Å². The van der Waals surface area contributed by atoms with Gasteiger partial charge < -0.3 is 16.0 Å². The number of nitrogens with one attached hydrogen (secondary N) is 3. The number of rotatable bonds is 4. The summed E-state index contributed by atoms with van der Waals surface area (Å²) in [6.07, 6.45) is 0.227. The lowest BCUT2D eigenvalue weighted by molar-refractivity contribution is -0.136. The van der Waals surface area contributed by atoms with Crippen molar-refractivity contribution in [3.05, 3.63) is 0 Å². The van der Waals surface area contributed by atoms with Crippen LogP contribution in [0.15, 0.2) is 0 Å². The van der Waals surface area contributed by atoms with Crippen LogP contribution in [0, 0.1) is 0 Å². The highest BCUT2D eigenvalue weighted by atomic mass is 16.2. The molecule has 14 heavy (non-hydrogen) atoms. The molecule has 0 atom stereocenters. The van der Waals surface area contributed by atoms with Gasteiger partial charge in [-0.3, -0.25) is 14.4 Å². The van der Waals surface area contributed by atoms with Crippen molar-refractivity contribution >= 4 is 17.7 Å². The van der Waals surface area contributed by atoms with Crippen LogP contribution in [0.4, 0.5) is 0 Å². The average Bonchev–Trinajstić information content (AvgIpc) is 2.23. The molecule has 80 valence electrons. The predicted octanol–water partition coefficient (Wildman–Crippen LogP) is -1.63. The van der Waals surface area contributed by atoms with Gasteiger partial charge >= 0.3 is 0 Å². The van der Waals surface area contributed by atoms with Crippen LogP contribution in [0.2, 0.25) is 0 Å². The van der Waals surface area contributed by atoms with Crippen molar-refractivity contribution in [2.75, 3.05) is 14.1 Å². The van der Waals surface area contributed by atoms with Crippen molar-refractivity contribution < 1.29 is 14.4 Å². The van der Waals surface area contributed by atoms with Gasteiger partial charge in [-0.1, -0.05) is 6.92 Å². The van der Waals surface area contributed by atoms with E-state index in [4.69, 9.17) is 0 Å². The summed E-state index contributed by atoms with van der Waals surface area (Å²) < 4.78 is 0. The summed E-state index contributed by atoms with van der Waals surface area (Å²) >= 11 is 0. The fourth-order valence-corrected chi connectivity index (χ4v) is 0.802. The molecule has 6 nitrogen and oxygen atoms in total. The smallest absolute Gasteiger partial charge is 0.252 e. The molecular weight excluding hydrogens is 186 g/mol. The summed E-state index contributed by atoms with van der Waals surface area (Å²) in [5.41, 5.74) is 0. The van der Waals surface area contributed by atoms with Gasteiger partial charge in [-0.15, -0.1) is 0 Å². The normalized spacial score (nSPS) is 9.43. The van der Waals surface area contributed by atoms with E-state index in [9.17, 15) is 14.4 Å². The maximum atomic E-state index is 11.2. The highest BCUT2D eigenvalue weighted by Crippen LogP contribution is 1.86. The number of carbonyl (C=O) groups excluding carboxylic acids is 3. The van der Waals surface area contributed by atoms with Crippen LogP contribution >= 0.6 is 0 Å². The quantitative estimate of drug-likeness (QED) is 0.477. The fraction of sp³-hybridized carbons (Fsp3) is 0.625. The third-order valence-corrected chi connectivity index (χ3v) is 1.64. The summed E-state index contributed by atoms with van der Waals surface area (Å²) in [7, 11) is 2.80. The minimum atomic E-state index is -1.16. The van der Waals surface area contributed by atoms with E-state index in [1.807, 2.05) is 0 Å². The molecule has 0 aromatic heterocycles. The first-order valence-corrected chi connectivity index (χ1v) is 4.29. The van der Waals surface area contributed by atoms with Crippen LogP contribution in [0.5, 0.6) is 0 Å². The largest absolute Gasteiger partial charge is 0.357 e. The van der Waals surface area contributed by atoms with Crippen LogP contribution < -0.4 is 16.0 Å². The van der Waals surface area contributed by atoms with Gasteiger partial charge in [-0.2, -0.15) is 0 Å². The molecule has 0 rings (SSSR count). The summed E-state index contributed by atoms with van der Waals surface area (Å²) in [6.45, 7) is 1.64. The Morgan fingerprint density at radius 2 is 1.50 bits per heavy atom. The molecule has 6 heteroatoms. The summed E-state index contributed by atoms with van der Waals surface area (Å²) in [6, 6.07) is -1.16. The standard InChI is InChI=1S/C8H15N3O3/c1-4-5(12)11-6(7(13)9-2)8(14)10-3/h6H,4H2,1-3H3,(H,9,13)(H,10,14)(H,11,12). The minimum absolute atomic E-state index is 0.227. The Morgan fingerprint density at radius 1 is 1.07 bits per heavy atom. The molecular formula is C8H15N3O3. The maximum absolute atomic E-state index is 11.2. The Bertz CT molecular complexity index is 224. The second-order valence-electron chi connectivity index (χ2n) is 2.58. The Hall–Kier alpha value is -1.59. The lowest BCUT2D eigenvalue weighted by Gasteiger charge is -2.14. The summed E-state index contributed by atoms with van der Waals surface area (Å²) in [5.74, 6) is -1.42. The number of hydrogen-bond acceptors (Lipinski definition) is 3. The molecule has 0 saturated carbocycles. The van der Waals surface area contributed by atoms with Crippen LogP contribution in [-0.2, 0) is 14.4 Å². The third kappa shape index (κ3) is 3.42. The van der Waals surface area contributed by atoms with Crippen LogP contribution in [0.3, 0.4) is 0 Å². The van der Waals surface area contributed by atoms with Gasteiger partial charge in [0.2, 0.25) is 5.91 Å². The van der Waals surface area contributed by atoms with Gasteiger partial charge in [-0.05, 0) is 0 Å². The molecule has 0 bridgehead atoms. The Morgan fingerprint density at radius 3 is 1.79 bits per heavy atom. The average molecular weight is 201 g/mol. The van der Waals surface area contributed by atoms with Crippen LogP contribution in [-0.4, -0.2) is 37.9 Å². The lowest BCUT2D eigenvalue weighted by Crippen LogP contribution is -2.53. The van der Waals surface area contributed by atoms with Crippen molar-refractivity contribution in [2.24, 2.45) is 0 Å². The van der Waals surface area contributed by atoms with Gasteiger partial charge in [0.15, 0.2) is 6.04 Å². The molecule has 3 amide bonds. The second kappa shape index (κ2) is 5.95. The molecule has 0 aliphatic carbocycles. The monoisotopic (exact) mass is 201 g/mol. The molecule has 0 heterocycles. The first-order chi connectivity index (χ1) is 6.56. The van der Waals surface area contributed by atoms with Gasteiger partial charge in [0, 0.05) is 20.5 Å². The van der Waals surface area contributed by atoms with Crippen molar-refractivity contribution in [1.82, 2.24) is 16.0 Å². The SMILES string of the molecule is CCC(=O)NC(C(=O)NC)C(=O)NC. The first kappa shape index (κ1) is 12.4. The summed E-state index contributed by atoms with van der Waals surface area (Å²) in [4.78, 5) is 33.3. The number of amides is 3. The highest BCUT2D eigenvalue weighted by molar-refractivity contribution is 6.06. The number of carbonyl (C=O) groups is 3. The first-order valence-electron chi connectivity index (χ1n) is 4.29. The van der Waals surface area contributed by atoms with Crippen LogP contribution in [0.1, 0.15) is 13.3 Å². The number of likely N-dealkylation sites (N-methyl/N-ethyl adjacent to an activating group) is 2. The molecule has 0 radical (unpaired) electrons. The lowest BCUT2D eigenvalue weighted by atomic mass is 10.2. The molecule has 0 aromatic rings. The molecule has 3 N–H and O–H groups in total. The summed E-state index contributed by atoms with van der Waals surface area (Å²) in [5, 5.41) is 6.90. The topological polar surface area (TPSA) is 87.3 Å². The molecule has 0 aliphatic rings. The van der Waals surface area contributed by atoms with Crippen molar-refractivity contribution in [3.8, 4) is 0 Å². The molecule has 0 aliphatic heterocycles. The van der Waals surface area contributed by atoms with Crippen molar-refractivity contribution in [1.29, 1.82) is 0 Å². The Labute approximate surface area is 82.4 Å². The van der Waals surface area contributed by atoms with E-state index in [-0.39, 0.29) is 12.3 Å². The van der Waals surface area contributed by atoms with E-state index in [0.717, 1.165) is 0 Å². The van der Waals surface area contributed by atoms with Gasteiger partial charge in [0.25, 0.3) is 11.8 Å².